The maximum absolute atomic E-state index is 11.9. The van der Waals surface area contributed by atoms with Gasteiger partial charge in [-0.25, -0.2) is 4.79 Å². The van der Waals surface area contributed by atoms with Crippen molar-refractivity contribution in [3.63, 3.8) is 0 Å². The van der Waals surface area contributed by atoms with Crippen molar-refractivity contribution >= 4 is 23.3 Å². The van der Waals surface area contributed by atoms with Crippen molar-refractivity contribution in [3.05, 3.63) is 58.6 Å². The van der Waals surface area contributed by atoms with Crippen molar-refractivity contribution in [2.75, 3.05) is 19.0 Å². The van der Waals surface area contributed by atoms with Crippen LogP contribution in [0.1, 0.15) is 11.1 Å². The quantitative estimate of drug-likeness (QED) is 0.874. The van der Waals surface area contributed by atoms with E-state index in [1.807, 2.05) is 37.3 Å². The minimum atomic E-state index is -0.228. The van der Waals surface area contributed by atoms with E-state index in [1.54, 1.807) is 19.2 Å². The monoisotopic (exact) mass is 318 g/mol. The van der Waals surface area contributed by atoms with Gasteiger partial charge in [0, 0.05) is 17.3 Å². The standard InChI is InChI=1S/C17H19ClN2O2/c1-12-10-14(18)6-7-16(12)20-17(21)19-9-8-13-4-3-5-15(11-13)22-2/h3-7,10-11H,8-9H2,1-2H3,(H2,19,20,21). The largest absolute Gasteiger partial charge is 0.497 e. The molecule has 0 fully saturated rings. The summed E-state index contributed by atoms with van der Waals surface area (Å²) in [5.41, 5.74) is 2.79. The van der Waals surface area contributed by atoms with E-state index < -0.39 is 0 Å². The number of amides is 2. The number of benzene rings is 2. The summed E-state index contributed by atoms with van der Waals surface area (Å²) in [5.74, 6) is 0.818. The lowest BCUT2D eigenvalue weighted by Gasteiger charge is -2.10. The Labute approximate surface area is 135 Å². The van der Waals surface area contributed by atoms with Gasteiger partial charge >= 0.3 is 6.03 Å². The number of anilines is 1. The number of carbonyl (C=O) groups is 1. The Morgan fingerprint density at radius 3 is 2.77 bits per heavy atom. The predicted octanol–water partition coefficient (Wildman–Crippen LogP) is 4.02. The van der Waals surface area contributed by atoms with Gasteiger partial charge in [-0.15, -0.1) is 0 Å². The molecule has 0 aliphatic heterocycles. The first-order valence-electron chi connectivity index (χ1n) is 7.02. The Kier molecular flexibility index (Phi) is 5.67. The molecule has 4 nitrogen and oxygen atoms in total. The van der Waals surface area contributed by atoms with Crippen LogP contribution in [0.2, 0.25) is 5.02 Å². The van der Waals surface area contributed by atoms with E-state index >= 15 is 0 Å². The molecule has 0 heterocycles. The second-order valence-electron chi connectivity index (χ2n) is 4.94. The lowest BCUT2D eigenvalue weighted by Crippen LogP contribution is -2.30. The van der Waals surface area contributed by atoms with Crippen molar-refractivity contribution in [2.24, 2.45) is 0 Å². The molecule has 0 radical (unpaired) electrons. The van der Waals surface area contributed by atoms with Crippen LogP contribution in [0.15, 0.2) is 42.5 Å². The fraction of sp³-hybridized carbons (Fsp3) is 0.235. The Bertz CT molecular complexity index is 659. The Morgan fingerprint density at radius 1 is 1.23 bits per heavy atom. The van der Waals surface area contributed by atoms with Gasteiger partial charge in [0.2, 0.25) is 0 Å². The first kappa shape index (κ1) is 16.2. The van der Waals surface area contributed by atoms with Crippen LogP contribution in [0.5, 0.6) is 5.75 Å². The molecule has 0 aliphatic rings. The van der Waals surface area contributed by atoms with Crippen LogP contribution >= 0.6 is 11.6 Å². The fourth-order valence-electron chi connectivity index (χ4n) is 2.08. The predicted molar refractivity (Wildman–Crippen MR) is 89.9 cm³/mol. The maximum Gasteiger partial charge on any atom is 0.319 e. The van der Waals surface area contributed by atoms with Crippen molar-refractivity contribution in [2.45, 2.75) is 13.3 Å². The van der Waals surface area contributed by atoms with E-state index in [-0.39, 0.29) is 6.03 Å². The summed E-state index contributed by atoms with van der Waals surface area (Å²) in [7, 11) is 1.64. The number of hydrogen-bond donors (Lipinski definition) is 2. The molecule has 2 amide bonds. The van der Waals surface area contributed by atoms with Gasteiger partial charge in [-0.3, -0.25) is 0 Å². The van der Waals surface area contributed by atoms with Crippen LogP contribution < -0.4 is 15.4 Å². The normalized spacial score (nSPS) is 10.1. The molecule has 22 heavy (non-hydrogen) atoms. The average Bonchev–Trinajstić information content (AvgIpc) is 2.50. The summed E-state index contributed by atoms with van der Waals surface area (Å²) in [5, 5.41) is 6.30. The number of ether oxygens (including phenoxy) is 1. The van der Waals surface area contributed by atoms with Crippen LogP contribution in [-0.4, -0.2) is 19.7 Å². The van der Waals surface area contributed by atoms with Gasteiger partial charge in [0.15, 0.2) is 0 Å². The van der Waals surface area contributed by atoms with Crippen molar-refractivity contribution in [1.29, 1.82) is 0 Å². The van der Waals surface area contributed by atoms with Gasteiger partial charge in [0.25, 0.3) is 0 Å². The molecular formula is C17H19ClN2O2. The number of rotatable bonds is 5. The molecule has 0 unspecified atom stereocenters. The maximum atomic E-state index is 11.9. The molecule has 0 aliphatic carbocycles. The summed E-state index contributed by atoms with van der Waals surface area (Å²) in [6.07, 6.45) is 0.740. The number of methoxy groups -OCH3 is 1. The Morgan fingerprint density at radius 2 is 2.05 bits per heavy atom. The minimum absolute atomic E-state index is 0.228. The van der Waals surface area contributed by atoms with E-state index in [1.165, 1.54) is 0 Å². The van der Waals surface area contributed by atoms with Crippen LogP contribution in [0.25, 0.3) is 0 Å². The number of aryl methyl sites for hydroxylation is 1. The van der Waals surface area contributed by atoms with Crippen LogP contribution in [0.4, 0.5) is 10.5 Å². The number of hydrogen-bond acceptors (Lipinski definition) is 2. The molecule has 2 N–H and O–H groups in total. The molecule has 5 heteroatoms. The number of nitrogens with one attached hydrogen (secondary N) is 2. The highest BCUT2D eigenvalue weighted by molar-refractivity contribution is 6.30. The van der Waals surface area contributed by atoms with Crippen LogP contribution in [-0.2, 0) is 6.42 Å². The molecule has 0 bridgehead atoms. The fourth-order valence-corrected chi connectivity index (χ4v) is 2.31. The number of urea groups is 1. The second kappa shape index (κ2) is 7.71. The van der Waals surface area contributed by atoms with Gasteiger partial charge in [0.05, 0.1) is 7.11 Å². The third-order valence-electron chi connectivity index (χ3n) is 3.27. The summed E-state index contributed by atoms with van der Waals surface area (Å²) < 4.78 is 5.17. The smallest absolute Gasteiger partial charge is 0.319 e. The average molecular weight is 319 g/mol. The third kappa shape index (κ3) is 4.67. The lowest BCUT2D eigenvalue weighted by atomic mass is 10.1. The van der Waals surface area contributed by atoms with E-state index in [9.17, 15) is 4.79 Å². The molecule has 0 saturated heterocycles. The zero-order chi connectivity index (χ0) is 15.9. The van der Waals surface area contributed by atoms with Gasteiger partial charge in [-0.1, -0.05) is 23.7 Å². The molecule has 2 aromatic rings. The second-order valence-corrected chi connectivity index (χ2v) is 5.38. The van der Waals surface area contributed by atoms with E-state index in [2.05, 4.69) is 10.6 Å². The van der Waals surface area contributed by atoms with Crippen LogP contribution in [0.3, 0.4) is 0 Å². The summed E-state index contributed by atoms with van der Waals surface area (Å²) in [6.45, 7) is 2.45. The van der Waals surface area contributed by atoms with Crippen molar-refractivity contribution in [3.8, 4) is 5.75 Å². The Balaban J connectivity index is 1.82. The number of carbonyl (C=O) groups excluding carboxylic acids is 1. The topological polar surface area (TPSA) is 50.4 Å². The van der Waals surface area contributed by atoms with E-state index in [4.69, 9.17) is 16.3 Å². The van der Waals surface area contributed by atoms with Crippen molar-refractivity contribution in [1.82, 2.24) is 5.32 Å². The first-order chi connectivity index (χ1) is 10.6. The first-order valence-corrected chi connectivity index (χ1v) is 7.40. The van der Waals surface area contributed by atoms with E-state index in [0.29, 0.717) is 11.6 Å². The molecule has 0 aromatic heterocycles. The highest BCUT2D eigenvalue weighted by Gasteiger charge is 2.04. The summed E-state index contributed by atoms with van der Waals surface area (Å²) in [6, 6.07) is 12.9. The van der Waals surface area contributed by atoms with Gasteiger partial charge < -0.3 is 15.4 Å². The van der Waals surface area contributed by atoms with E-state index in [0.717, 1.165) is 29.0 Å². The minimum Gasteiger partial charge on any atom is -0.497 e. The molecule has 0 spiro atoms. The number of halogens is 1. The van der Waals surface area contributed by atoms with Crippen molar-refractivity contribution < 1.29 is 9.53 Å². The molecule has 0 saturated carbocycles. The van der Waals surface area contributed by atoms with Crippen LogP contribution in [0, 0.1) is 6.92 Å². The van der Waals surface area contributed by atoms with Gasteiger partial charge in [0.1, 0.15) is 5.75 Å². The molecule has 0 atom stereocenters. The highest BCUT2D eigenvalue weighted by atomic mass is 35.5. The lowest BCUT2D eigenvalue weighted by molar-refractivity contribution is 0.252. The SMILES string of the molecule is COc1cccc(CCNC(=O)Nc2ccc(Cl)cc2C)c1. The molecule has 2 rings (SSSR count). The summed E-state index contributed by atoms with van der Waals surface area (Å²) in [4.78, 5) is 11.9. The zero-order valence-electron chi connectivity index (χ0n) is 12.7. The molecule has 2 aromatic carbocycles. The summed E-state index contributed by atoms with van der Waals surface area (Å²) >= 11 is 5.89. The zero-order valence-corrected chi connectivity index (χ0v) is 13.4. The molecular weight excluding hydrogens is 300 g/mol. The Hall–Kier alpha value is -2.20. The highest BCUT2D eigenvalue weighted by Crippen LogP contribution is 2.19. The van der Waals surface area contributed by atoms with Gasteiger partial charge in [-0.2, -0.15) is 0 Å². The molecule has 116 valence electrons. The van der Waals surface area contributed by atoms with Gasteiger partial charge in [-0.05, 0) is 54.8 Å². The third-order valence-corrected chi connectivity index (χ3v) is 3.51.